The molecule has 2 aromatic carbocycles. The summed E-state index contributed by atoms with van der Waals surface area (Å²) in [5.41, 5.74) is 2.30. The SMILES string of the molecule is COCc1cccc(NCCCOc2ccccc2)c1. The minimum atomic E-state index is 0.645. The molecule has 0 radical (unpaired) electrons. The average Bonchev–Trinajstić information content (AvgIpc) is 2.49. The molecular formula is C17H21NO2. The van der Waals surface area contributed by atoms with Crippen LogP contribution in [0.25, 0.3) is 0 Å². The number of para-hydroxylation sites is 1. The summed E-state index contributed by atoms with van der Waals surface area (Å²) < 4.78 is 10.8. The van der Waals surface area contributed by atoms with Crippen molar-refractivity contribution in [3.8, 4) is 5.75 Å². The lowest BCUT2D eigenvalue weighted by Gasteiger charge is -2.09. The van der Waals surface area contributed by atoms with Crippen molar-refractivity contribution in [2.24, 2.45) is 0 Å². The Labute approximate surface area is 120 Å². The highest BCUT2D eigenvalue weighted by Gasteiger charge is 1.96. The Kier molecular flexibility index (Phi) is 5.93. The largest absolute Gasteiger partial charge is 0.494 e. The van der Waals surface area contributed by atoms with Crippen LogP contribution < -0.4 is 10.1 Å². The number of methoxy groups -OCH3 is 1. The second-order valence-electron chi connectivity index (χ2n) is 4.58. The van der Waals surface area contributed by atoms with E-state index in [1.807, 2.05) is 36.4 Å². The quantitative estimate of drug-likeness (QED) is 0.742. The molecule has 0 unspecified atom stereocenters. The maximum Gasteiger partial charge on any atom is 0.119 e. The standard InChI is InChI=1S/C17H21NO2/c1-19-14-15-7-5-8-16(13-15)18-11-6-12-20-17-9-3-2-4-10-17/h2-5,7-10,13,18H,6,11-12,14H2,1H3. The first-order chi connectivity index (χ1) is 9.88. The second-order valence-corrected chi connectivity index (χ2v) is 4.58. The molecule has 1 N–H and O–H groups in total. The number of nitrogens with one attached hydrogen (secondary N) is 1. The molecule has 106 valence electrons. The van der Waals surface area contributed by atoms with E-state index >= 15 is 0 Å². The molecule has 0 heterocycles. The third-order valence-corrected chi connectivity index (χ3v) is 2.90. The van der Waals surface area contributed by atoms with E-state index in [-0.39, 0.29) is 0 Å². The smallest absolute Gasteiger partial charge is 0.119 e. The van der Waals surface area contributed by atoms with Gasteiger partial charge in [-0.1, -0.05) is 30.3 Å². The Hall–Kier alpha value is -2.00. The molecule has 0 aliphatic carbocycles. The molecule has 0 saturated heterocycles. The number of hydrogen-bond acceptors (Lipinski definition) is 3. The van der Waals surface area contributed by atoms with Gasteiger partial charge in [-0.3, -0.25) is 0 Å². The predicted molar refractivity (Wildman–Crippen MR) is 82.2 cm³/mol. The lowest BCUT2D eigenvalue weighted by atomic mass is 10.2. The summed E-state index contributed by atoms with van der Waals surface area (Å²) in [5.74, 6) is 0.926. The average molecular weight is 271 g/mol. The Morgan fingerprint density at radius 2 is 1.85 bits per heavy atom. The Balaban J connectivity index is 1.67. The van der Waals surface area contributed by atoms with E-state index in [1.165, 1.54) is 5.56 Å². The van der Waals surface area contributed by atoms with Crippen molar-refractivity contribution in [1.82, 2.24) is 0 Å². The first-order valence-electron chi connectivity index (χ1n) is 6.88. The fourth-order valence-electron chi connectivity index (χ4n) is 1.95. The Morgan fingerprint density at radius 3 is 2.65 bits per heavy atom. The van der Waals surface area contributed by atoms with Crippen LogP contribution in [0, 0.1) is 0 Å². The molecule has 0 bridgehead atoms. The van der Waals surface area contributed by atoms with E-state index in [4.69, 9.17) is 9.47 Å². The van der Waals surface area contributed by atoms with Gasteiger partial charge in [0.15, 0.2) is 0 Å². The molecule has 2 aromatic rings. The summed E-state index contributed by atoms with van der Waals surface area (Å²) in [5, 5.41) is 3.39. The molecule has 0 amide bonds. The minimum absolute atomic E-state index is 0.645. The Bertz CT molecular complexity index is 499. The van der Waals surface area contributed by atoms with Crippen molar-refractivity contribution in [3.63, 3.8) is 0 Å². The maximum atomic E-state index is 5.65. The molecular weight excluding hydrogens is 250 g/mol. The highest BCUT2D eigenvalue weighted by atomic mass is 16.5. The third-order valence-electron chi connectivity index (χ3n) is 2.90. The van der Waals surface area contributed by atoms with E-state index in [1.54, 1.807) is 7.11 Å². The second kappa shape index (κ2) is 8.23. The van der Waals surface area contributed by atoms with Gasteiger partial charge in [-0.15, -0.1) is 0 Å². The van der Waals surface area contributed by atoms with Gasteiger partial charge in [0.25, 0.3) is 0 Å². The first kappa shape index (κ1) is 14.4. The molecule has 0 aliphatic rings. The molecule has 0 atom stereocenters. The highest BCUT2D eigenvalue weighted by Crippen LogP contribution is 2.12. The van der Waals surface area contributed by atoms with Crippen LogP contribution >= 0.6 is 0 Å². The van der Waals surface area contributed by atoms with Crippen LogP contribution in [0.2, 0.25) is 0 Å². The summed E-state index contributed by atoms with van der Waals surface area (Å²) in [6.07, 6.45) is 0.962. The minimum Gasteiger partial charge on any atom is -0.494 e. The number of anilines is 1. The summed E-state index contributed by atoms with van der Waals surface area (Å²) in [7, 11) is 1.71. The molecule has 0 aromatic heterocycles. The van der Waals surface area contributed by atoms with Gasteiger partial charge in [0.1, 0.15) is 5.75 Å². The van der Waals surface area contributed by atoms with Gasteiger partial charge in [0.05, 0.1) is 13.2 Å². The summed E-state index contributed by atoms with van der Waals surface area (Å²) in [6.45, 7) is 2.25. The number of hydrogen-bond donors (Lipinski definition) is 1. The zero-order valence-electron chi connectivity index (χ0n) is 11.8. The van der Waals surface area contributed by atoms with Crippen LogP contribution in [-0.2, 0) is 11.3 Å². The fraction of sp³-hybridized carbons (Fsp3) is 0.294. The van der Waals surface area contributed by atoms with E-state index < -0.39 is 0 Å². The Morgan fingerprint density at radius 1 is 1.00 bits per heavy atom. The van der Waals surface area contributed by atoms with Crippen molar-refractivity contribution in [2.45, 2.75) is 13.0 Å². The number of rotatable bonds is 8. The van der Waals surface area contributed by atoms with Crippen molar-refractivity contribution in [1.29, 1.82) is 0 Å². The van der Waals surface area contributed by atoms with Crippen LogP contribution in [0.3, 0.4) is 0 Å². The van der Waals surface area contributed by atoms with Crippen LogP contribution in [0.5, 0.6) is 5.75 Å². The van der Waals surface area contributed by atoms with Crippen LogP contribution in [-0.4, -0.2) is 20.3 Å². The lowest BCUT2D eigenvalue weighted by molar-refractivity contribution is 0.185. The van der Waals surface area contributed by atoms with E-state index in [9.17, 15) is 0 Å². The van der Waals surface area contributed by atoms with Crippen molar-refractivity contribution < 1.29 is 9.47 Å². The molecule has 0 spiro atoms. The number of ether oxygens (including phenoxy) is 2. The summed E-state index contributed by atoms with van der Waals surface area (Å²) in [4.78, 5) is 0. The van der Waals surface area contributed by atoms with Gasteiger partial charge in [-0.05, 0) is 36.2 Å². The van der Waals surface area contributed by atoms with Crippen LogP contribution in [0.4, 0.5) is 5.69 Å². The van der Waals surface area contributed by atoms with E-state index in [0.29, 0.717) is 6.61 Å². The van der Waals surface area contributed by atoms with Gasteiger partial charge < -0.3 is 14.8 Å². The van der Waals surface area contributed by atoms with Gasteiger partial charge in [0.2, 0.25) is 0 Å². The predicted octanol–water partition coefficient (Wildman–Crippen LogP) is 3.71. The number of benzene rings is 2. The van der Waals surface area contributed by atoms with Crippen LogP contribution in [0.15, 0.2) is 54.6 Å². The lowest BCUT2D eigenvalue weighted by Crippen LogP contribution is -2.07. The van der Waals surface area contributed by atoms with Gasteiger partial charge >= 0.3 is 0 Å². The monoisotopic (exact) mass is 271 g/mol. The van der Waals surface area contributed by atoms with E-state index in [0.717, 1.165) is 31.0 Å². The molecule has 3 heteroatoms. The van der Waals surface area contributed by atoms with Crippen molar-refractivity contribution in [2.75, 3.05) is 25.6 Å². The van der Waals surface area contributed by atoms with E-state index in [2.05, 4.69) is 23.5 Å². The molecule has 20 heavy (non-hydrogen) atoms. The normalized spacial score (nSPS) is 10.2. The molecule has 0 saturated carbocycles. The van der Waals surface area contributed by atoms with Gasteiger partial charge in [0, 0.05) is 19.3 Å². The topological polar surface area (TPSA) is 30.5 Å². The third kappa shape index (κ3) is 4.94. The molecule has 2 rings (SSSR count). The highest BCUT2D eigenvalue weighted by molar-refractivity contribution is 5.45. The van der Waals surface area contributed by atoms with Crippen molar-refractivity contribution >= 4 is 5.69 Å². The van der Waals surface area contributed by atoms with Crippen molar-refractivity contribution in [3.05, 3.63) is 60.2 Å². The molecule has 0 fully saturated rings. The molecule has 3 nitrogen and oxygen atoms in total. The maximum absolute atomic E-state index is 5.65. The first-order valence-corrected chi connectivity index (χ1v) is 6.88. The molecule has 0 aliphatic heterocycles. The van der Waals surface area contributed by atoms with Gasteiger partial charge in [-0.2, -0.15) is 0 Å². The zero-order valence-corrected chi connectivity index (χ0v) is 11.8. The zero-order chi connectivity index (χ0) is 14.0. The summed E-state index contributed by atoms with van der Waals surface area (Å²) >= 11 is 0. The summed E-state index contributed by atoms with van der Waals surface area (Å²) in [6, 6.07) is 18.2. The van der Waals surface area contributed by atoms with Crippen LogP contribution in [0.1, 0.15) is 12.0 Å². The van der Waals surface area contributed by atoms with Gasteiger partial charge in [-0.25, -0.2) is 0 Å². The fourth-order valence-corrected chi connectivity index (χ4v) is 1.95.